The van der Waals surface area contributed by atoms with Gasteiger partial charge in [0.05, 0.1) is 4.88 Å². The van der Waals surface area contributed by atoms with Gasteiger partial charge in [-0.3, -0.25) is 0 Å². The van der Waals surface area contributed by atoms with Crippen molar-refractivity contribution in [3.05, 3.63) is 52.2 Å². The zero-order valence-electron chi connectivity index (χ0n) is 10.7. The second kappa shape index (κ2) is 4.97. The van der Waals surface area contributed by atoms with Crippen molar-refractivity contribution in [2.75, 3.05) is 6.79 Å². The summed E-state index contributed by atoms with van der Waals surface area (Å²) in [6.45, 7) is 7.23. The summed E-state index contributed by atoms with van der Waals surface area (Å²) in [7, 11) is 0. The summed E-state index contributed by atoms with van der Waals surface area (Å²) in [5, 5.41) is 5.43. The molecule has 0 saturated carbocycles. The van der Waals surface area contributed by atoms with Crippen LogP contribution >= 0.6 is 11.3 Å². The van der Waals surface area contributed by atoms with Crippen molar-refractivity contribution in [3.8, 4) is 11.5 Å². The van der Waals surface area contributed by atoms with Gasteiger partial charge in [-0.05, 0) is 41.6 Å². The molecule has 1 aromatic heterocycles. The molecular formula is C15H15NO2S. The fraction of sp³-hybridized carbons (Fsp3) is 0.200. The van der Waals surface area contributed by atoms with Crippen LogP contribution in [0.25, 0.3) is 5.70 Å². The van der Waals surface area contributed by atoms with Crippen molar-refractivity contribution < 1.29 is 9.47 Å². The van der Waals surface area contributed by atoms with E-state index in [1.807, 2.05) is 18.2 Å². The Morgan fingerprint density at radius 3 is 2.95 bits per heavy atom. The standard InChI is InChI=1S/C15H15NO2S/c1-10-5-6-19-15(10)11(2)16-8-12-3-4-13-14(7-12)18-9-17-13/h3-7,16H,2,8-9H2,1H3. The molecule has 3 nitrogen and oxygen atoms in total. The highest BCUT2D eigenvalue weighted by Crippen LogP contribution is 2.32. The highest BCUT2D eigenvalue weighted by molar-refractivity contribution is 7.11. The first-order valence-electron chi connectivity index (χ1n) is 6.10. The summed E-state index contributed by atoms with van der Waals surface area (Å²) in [6, 6.07) is 8.09. The normalized spacial score (nSPS) is 12.5. The maximum Gasteiger partial charge on any atom is 0.231 e. The van der Waals surface area contributed by atoms with Crippen molar-refractivity contribution in [1.29, 1.82) is 0 Å². The average molecular weight is 273 g/mol. The van der Waals surface area contributed by atoms with E-state index >= 15 is 0 Å². The molecule has 0 atom stereocenters. The average Bonchev–Trinajstić information content (AvgIpc) is 3.03. The summed E-state index contributed by atoms with van der Waals surface area (Å²) in [4.78, 5) is 1.21. The van der Waals surface area contributed by atoms with Gasteiger partial charge in [0.25, 0.3) is 0 Å². The molecule has 19 heavy (non-hydrogen) atoms. The van der Waals surface area contributed by atoms with Crippen LogP contribution in [0, 0.1) is 6.92 Å². The maximum absolute atomic E-state index is 5.37. The summed E-state index contributed by atoms with van der Waals surface area (Å²) in [6.07, 6.45) is 0. The van der Waals surface area contributed by atoms with Gasteiger partial charge >= 0.3 is 0 Å². The van der Waals surface area contributed by atoms with Gasteiger partial charge in [-0.15, -0.1) is 11.3 Å². The predicted octanol–water partition coefficient (Wildman–Crippen LogP) is 3.55. The molecule has 0 aliphatic carbocycles. The van der Waals surface area contributed by atoms with Gasteiger partial charge in [0, 0.05) is 12.2 Å². The number of nitrogens with one attached hydrogen (secondary N) is 1. The van der Waals surface area contributed by atoms with Crippen molar-refractivity contribution in [2.45, 2.75) is 13.5 Å². The number of benzene rings is 1. The summed E-state index contributed by atoms with van der Waals surface area (Å²) in [5.41, 5.74) is 3.37. The van der Waals surface area contributed by atoms with Gasteiger partial charge in [0.1, 0.15) is 0 Å². The molecule has 98 valence electrons. The second-order valence-corrected chi connectivity index (χ2v) is 5.37. The van der Waals surface area contributed by atoms with E-state index in [4.69, 9.17) is 9.47 Å². The van der Waals surface area contributed by atoms with Crippen molar-refractivity contribution >= 4 is 17.0 Å². The predicted molar refractivity (Wildman–Crippen MR) is 77.5 cm³/mol. The van der Waals surface area contributed by atoms with Gasteiger partial charge < -0.3 is 14.8 Å². The molecule has 0 bridgehead atoms. The lowest BCUT2D eigenvalue weighted by molar-refractivity contribution is 0.174. The van der Waals surface area contributed by atoms with Gasteiger partial charge in [0.15, 0.2) is 11.5 Å². The highest BCUT2D eigenvalue weighted by Gasteiger charge is 2.13. The van der Waals surface area contributed by atoms with E-state index in [-0.39, 0.29) is 0 Å². The first-order valence-corrected chi connectivity index (χ1v) is 6.98. The monoisotopic (exact) mass is 273 g/mol. The Hall–Kier alpha value is -1.94. The second-order valence-electron chi connectivity index (χ2n) is 4.45. The molecule has 0 fully saturated rings. The van der Waals surface area contributed by atoms with Crippen LogP contribution in [0.2, 0.25) is 0 Å². The molecule has 1 aliphatic rings. The molecule has 0 saturated heterocycles. The SMILES string of the molecule is C=C(NCc1ccc2c(c1)OCO2)c1sccc1C. The lowest BCUT2D eigenvalue weighted by Gasteiger charge is -2.09. The van der Waals surface area contributed by atoms with Crippen LogP contribution in [0.4, 0.5) is 0 Å². The zero-order chi connectivity index (χ0) is 13.2. The minimum atomic E-state index is 0.313. The molecule has 2 heterocycles. The Balaban J connectivity index is 1.66. The number of hydrogen-bond acceptors (Lipinski definition) is 4. The Labute approximate surface area is 116 Å². The fourth-order valence-electron chi connectivity index (χ4n) is 2.02. The van der Waals surface area contributed by atoms with Gasteiger partial charge in [-0.25, -0.2) is 0 Å². The van der Waals surface area contributed by atoms with Crippen LogP contribution in [0.5, 0.6) is 11.5 Å². The molecule has 0 unspecified atom stereocenters. The largest absolute Gasteiger partial charge is 0.454 e. The van der Waals surface area contributed by atoms with Crippen LogP contribution in [0.3, 0.4) is 0 Å². The van der Waals surface area contributed by atoms with E-state index in [1.165, 1.54) is 10.4 Å². The van der Waals surface area contributed by atoms with Crippen molar-refractivity contribution in [2.24, 2.45) is 0 Å². The molecule has 1 aliphatic heterocycles. The summed E-state index contributed by atoms with van der Waals surface area (Å²) >= 11 is 1.71. The van der Waals surface area contributed by atoms with E-state index < -0.39 is 0 Å². The first-order chi connectivity index (χ1) is 9.24. The number of aryl methyl sites for hydroxylation is 1. The molecule has 4 heteroatoms. The third kappa shape index (κ3) is 2.44. The Kier molecular flexibility index (Phi) is 3.17. The molecule has 2 aromatic rings. The maximum atomic E-state index is 5.37. The van der Waals surface area contributed by atoms with Gasteiger partial charge in [-0.2, -0.15) is 0 Å². The quantitative estimate of drug-likeness (QED) is 0.924. The van der Waals surface area contributed by atoms with Crippen molar-refractivity contribution in [1.82, 2.24) is 5.32 Å². The molecular weight excluding hydrogens is 258 g/mol. The third-order valence-electron chi connectivity index (χ3n) is 3.08. The minimum absolute atomic E-state index is 0.313. The highest BCUT2D eigenvalue weighted by atomic mass is 32.1. The van der Waals surface area contributed by atoms with Crippen LogP contribution in [0.15, 0.2) is 36.2 Å². The number of thiophene rings is 1. The van der Waals surface area contributed by atoms with Crippen LogP contribution in [-0.2, 0) is 6.54 Å². The number of ether oxygens (including phenoxy) is 2. The Morgan fingerprint density at radius 1 is 1.32 bits per heavy atom. The third-order valence-corrected chi connectivity index (χ3v) is 4.16. The smallest absolute Gasteiger partial charge is 0.231 e. The zero-order valence-corrected chi connectivity index (χ0v) is 11.5. The molecule has 0 radical (unpaired) electrons. The van der Waals surface area contributed by atoms with Crippen LogP contribution < -0.4 is 14.8 Å². The Bertz CT molecular complexity index is 618. The molecule has 0 spiro atoms. The van der Waals surface area contributed by atoms with E-state index in [2.05, 4.69) is 30.3 Å². The molecule has 0 amide bonds. The van der Waals surface area contributed by atoms with Crippen molar-refractivity contribution in [3.63, 3.8) is 0 Å². The number of hydrogen-bond donors (Lipinski definition) is 1. The lowest BCUT2D eigenvalue weighted by Crippen LogP contribution is -2.10. The van der Waals surface area contributed by atoms with Crippen LogP contribution in [0.1, 0.15) is 16.0 Å². The van der Waals surface area contributed by atoms with E-state index in [9.17, 15) is 0 Å². The molecule has 1 aromatic carbocycles. The van der Waals surface area contributed by atoms with E-state index in [1.54, 1.807) is 11.3 Å². The van der Waals surface area contributed by atoms with E-state index in [0.717, 1.165) is 29.3 Å². The van der Waals surface area contributed by atoms with Crippen LogP contribution in [-0.4, -0.2) is 6.79 Å². The summed E-state index contributed by atoms with van der Waals surface area (Å²) in [5.74, 6) is 1.63. The van der Waals surface area contributed by atoms with Gasteiger partial charge in [-0.1, -0.05) is 12.6 Å². The van der Waals surface area contributed by atoms with Gasteiger partial charge in [0.2, 0.25) is 6.79 Å². The number of rotatable bonds is 4. The Morgan fingerprint density at radius 2 is 2.16 bits per heavy atom. The minimum Gasteiger partial charge on any atom is -0.454 e. The fourth-order valence-corrected chi connectivity index (χ4v) is 2.90. The number of fused-ring (bicyclic) bond motifs is 1. The summed E-state index contributed by atoms with van der Waals surface area (Å²) < 4.78 is 10.7. The topological polar surface area (TPSA) is 30.5 Å². The first kappa shape index (κ1) is 12.1. The van der Waals surface area contributed by atoms with E-state index in [0.29, 0.717) is 6.79 Å². The lowest BCUT2D eigenvalue weighted by atomic mass is 10.2. The molecule has 1 N–H and O–H groups in total. The molecule has 3 rings (SSSR count).